The molecule has 0 saturated heterocycles. The van der Waals surface area contributed by atoms with E-state index in [1.54, 1.807) is 48.5 Å². The topological polar surface area (TPSA) is 60.7 Å². The van der Waals surface area contributed by atoms with E-state index >= 15 is 0 Å². The Bertz CT molecular complexity index is 1190. The molecule has 0 spiro atoms. The zero-order valence-electron chi connectivity index (χ0n) is 21.6. The maximum atomic E-state index is 9.64. The summed E-state index contributed by atoms with van der Waals surface area (Å²) in [4.78, 5) is 0. The molecule has 0 saturated carbocycles. The molecule has 0 aliphatic rings. The smallest absolute Gasteiger partial charge is 0.134 e. The van der Waals surface area contributed by atoms with E-state index < -0.39 is 0 Å². The van der Waals surface area contributed by atoms with Gasteiger partial charge in [0.05, 0.1) is 5.02 Å². The van der Waals surface area contributed by atoms with Gasteiger partial charge in [-0.05, 0) is 78.1 Å². The van der Waals surface area contributed by atoms with Gasteiger partial charge >= 0.3 is 0 Å². The van der Waals surface area contributed by atoms with E-state index in [0.29, 0.717) is 27.2 Å². The van der Waals surface area contributed by atoms with Gasteiger partial charge in [0.2, 0.25) is 0 Å². The summed E-state index contributed by atoms with van der Waals surface area (Å²) in [5.74, 6) is 0.736. The number of hydrogen-bond acceptors (Lipinski definition) is 3. The fourth-order valence-electron chi connectivity index (χ4n) is 3.63. The van der Waals surface area contributed by atoms with Gasteiger partial charge in [-0.2, -0.15) is 0 Å². The molecule has 202 valence electrons. The summed E-state index contributed by atoms with van der Waals surface area (Å²) in [6, 6.07) is 26.9. The Morgan fingerprint density at radius 3 is 1.89 bits per heavy atom. The third-order valence-corrected chi connectivity index (χ3v) is 6.64. The first kappa shape index (κ1) is 31.4. The Balaban J connectivity index is 0.000000210. The monoisotopic (exact) mass is 572 g/mol. The fourth-order valence-corrected chi connectivity index (χ4v) is 4.17. The van der Waals surface area contributed by atoms with Crippen LogP contribution < -0.4 is 0 Å². The molecule has 0 unspecified atom stereocenters. The van der Waals surface area contributed by atoms with Crippen LogP contribution in [-0.2, 0) is 12.8 Å². The Hall–Kier alpha value is -2.85. The van der Waals surface area contributed by atoms with Crippen molar-refractivity contribution in [1.82, 2.24) is 0 Å². The SMILES string of the molecule is CCCCCCCc1cccc(O)c1Cl.Oc1ccc(Cl)cc1.Oc1ccc(Cl)cc1Cc1ccccc1. The standard InChI is InChI=1S/C13H11ClO.C13H19ClO.C6H5ClO/c14-12-6-7-13(15)11(9-12)8-10-4-2-1-3-5-10;1-2-3-4-5-6-8-11-9-7-10-12(15)13(11)14;7-5-1-3-6(8)4-2-5/h1-7,9,15H,8H2;7,9-10,15H,2-6,8H2,1H3;1-4,8H. The van der Waals surface area contributed by atoms with Crippen LogP contribution in [-0.4, -0.2) is 15.3 Å². The minimum atomic E-state index is 0.197. The highest BCUT2D eigenvalue weighted by atomic mass is 35.5. The normalized spacial score (nSPS) is 10.1. The number of rotatable bonds is 8. The molecular weight excluding hydrogens is 539 g/mol. The average Bonchev–Trinajstić information content (AvgIpc) is 2.91. The van der Waals surface area contributed by atoms with Gasteiger partial charge in [-0.3, -0.25) is 0 Å². The Kier molecular flexibility index (Phi) is 14.5. The largest absolute Gasteiger partial charge is 0.508 e. The lowest BCUT2D eigenvalue weighted by atomic mass is 10.0. The highest BCUT2D eigenvalue weighted by molar-refractivity contribution is 6.32. The van der Waals surface area contributed by atoms with Crippen molar-refractivity contribution in [2.45, 2.75) is 51.9 Å². The number of hydrogen-bond donors (Lipinski definition) is 3. The zero-order chi connectivity index (χ0) is 27.8. The van der Waals surface area contributed by atoms with Crippen LogP contribution in [0.25, 0.3) is 0 Å². The molecule has 3 nitrogen and oxygen atoms in total. The van der Waals surface area contributed by atoms with Crippen LogP contribution in [0.15, 0.2) is 91.0 Å². The van der Waals surface area contributed by atoms with Crippen molar-refractivity contribution in [1.29, 1.82) is 0 Å². The molecule has 6 heteroatoms. The fraction of sp³-hybridized carbons (Fsp3) is 0.250. The van der Waals surface area contributed by atoms with Gasteiger partial charge in [0.15, 0.2) is 0 Å². The van der Waals surface area contributed by atoms with E-state index in [0.717, 1.165) is 29.5 Å². The minimum absolute atomic E-state index is 0.197. The van der Waals surface area contributed by atoms with Gasteiger partial charge in [0, 0.05) is 16.5 Å². The summed E-state index contributed by atoms with van der Waals surface area (Å²) < 4.78 is 0. The predicted octanol–water partition coefficient (Wildman–Crippen LogP) is 10.2. The summed E-state index contributed by atoms with van der Waals surface area (Å²) in [5, 5.41) is 29.6. The molecule has 4 aromatic carbocycles. The number of aryl methyl sites for hydroxylation is 1. The van der Waals surface area contributed by atoms with Crippen LogP contribution in [0.4, 0.5) is 0 Å². The van der Waals surface area contributed by atoms with E-state index in [4.69, 9.17) is 39.9 Å². The van der Waals surface area contributed by atoms with E-state index in [-0.39, 0.29) is 11.5 Å². The first-order chi connectivity index (χ1) is 18.3. The third kappa shape index (κ3) is 12.1. The molecule has 0 aliphatic carbocycles. The van der Waals surface area contributed by atoms with E-state index in [1.807, 2.05) is 42.5 Å². The third-order valence-electron chi connectivity index (χ3n) is 5.71. The second-order valence-electron chi connectivity index (χ2n) is 8.83. The van der Waals surface area contributed by atoms with Crippen LogP contribution in [0.5, 0.6) is 17.2 Å². The Morgan fingerprint density at radius 1 is 0.579 bits per heavy atom. The lowest BCUT2D eigenvalue weighted by Gasteiger charge is -2.05. The van der Waals surface area contributed by atoms with Crippen molar-refractivity contribution >= 4 is 34.8 Å². The molecule has 0 amide bonds. The highest BCUT2D eigenvalue weighted by Crippen LogP contribution is 2.28. The van der Waals surface area contributed by atoms with Crippen molar-refractivity contribution in [2.75, 3.05) is 0 Å². The molecule has 0 heterocycles. The van der Waals surface area contributed by atoms with Gasteiger partial charge in [0.25, 0.3) is 0 Å². The van der Waals surface area contributed by atoms with E-state index in [2.05, 4.69) is 6.92 Å². The lowest BCUT2D eigenvalue weighted by molar-refractivity contribution is 0.469. The second kappa shape index (κ2) is 17.6. The maximum Gasteiger partial charge on any atom is 0.134 e. The Morgan fingerprint density at radius 2 is 1.24 bits per heavy atom. The average molecular weight is 574 g/mol. The zero-order valence-corrected chi connectivity index (χ0v) is 23.9. The first-order valence-electron chi connectivity index (χ1n) is 12.7. The van der Waals surface area contributed by atoms with Gasteiger partial charge in [0.1, 0.15) is 17.2 Å². The molecule has 0 radical (unpaired) electrons. The number of unbranched alkanes of at least 4 members (excludes halogenated alkanes) is 4. The molecule has 0 atom stereocenters. The van der Waals surface area contributed by atoms with E-state index in [9.17, 15) is 10.2 Å². The summed E-state index contributed by atoms with van der Waals surface area (Å²) in [5.41, 5.74) is 3.08. The van der Waals surface area contributed by atoms with Crippen molar-refractivity contribution in [3.05, 3.63) is 123 Å². The van der Waals surface area contributed by atoms with Crippen molar-refractivity contribution in [2.24, 2.45) is 0 Å². The van der Waals surface area contributed by atoms with Crippen molar-refractivity contribution in [3.8, 4) is 17.2 Å². The summed E-state index contributed by atoms with van der Waals surface area (Å²) in [6.45, 7) is 2.21. The summed E-state index contributed by atoms with van der Waals surface area (Å²) in [6.07, 6.45) is 7.96. The van der Waals surface area contributed by atoms with Crippen molar-refractivity contribution < 1.29 is 15.3 Å². The van der Waals surface area contributed by atoms with E-state index in [1.165, 1.54) is 25.7 Å². The van der Waals surface area contributed by atoms with Crippen molar-refractivity contribution in [3.63, 3.8) is 0 Å². The minimum Gasteiger partial charge on any atom is -0.508 e. The molecule has 0 aliphatic heterocycles. The van der Waals surface area contributed by atoms with Crippen LogP contribution in [0, 0.1) is 0 Å². The number of aromatic hydroxyl groups is 3. The number of benzene rings is 4. The van der Waals surface area contributed by atoms with Gasteiger partial charge in [-0.15, -0.1) is 0 Å². The predicted molar refractivity (Wildman–Crippen MR) is 161 cm³/mol. The molecule has 4 aromatic rings. The first-order valence-corrected chi connectivity index (χ1v) is 13.9. The quantitative estimate of drug-likeness (QED) is 0.184. The number of phenols is 3. The molecule has 0 fully saturated rings. The second-order valence-corrected chi connectivity index (χ2v) is 10.1. The van der Waals surface area contributed by atoms with Gasteiger partial charge in [-0.1, -0.05) is 110 Å². The molecule has 4 rings (SSSR count). The molecule has 38 heavy (non-hydrogen) atoms. The number of halogens is 3. The maximum absolute atomic E-state index is 9.64. The lowest BCUT2D eigenvalue weighted by Crippen LogP contribution is -1.88. The van der Waals surface area contributed by atoms with Crippen LogP contribution in [0.2, 0.25) is 15.1 Å². The molecule has 0 bridgehead atoms. The summed E-state index contributed by atoms with van der Waals surface area (Å²) in [7, 11) is 0. The van der Waals surface area contributed by atoms with Crippen LogP contribution >= 0.6 is 34.8 Å². The molecule has 3 N–H and O–H groups in total. The van der Waals surface area contributed by atoms with Gasteiger partial charge < -0.3 is 15.3 Å². The van der Waals surface area contributed by atoms with Crippen LogP contribution in [0.3, 0.4) is 0 Å². The summed E-state index contributed by atoms with van der Waals surface area (Å²) >= 11 is 17.4. The Labute approximate surface area is 241 Å². The highest BCUT2D eigenvalue weighted by Gasteiger charge is 2.04. The number of phenolic OH excluding ortho intramolecular Hbond substituents is 3. The van der Waals surface area contributed by atoms with Crippen LogP contribution in [0.1, 0.15) is 55.7 Å². The molecule has 0 aromatic heterocycles. The van der Waals surface area contributed by atoms with Gasteiger partial charge in [-0.25, -0.2) is 0 Å². The molecular formula is C32H35Cl3O3.